The van der Waals surface area contributed by atoms with Crippen molar-refractivity contribution in [2.75, 3.05) is 13.2 Å². The van der Waals surface area contributed by atoms with Gasteiger partial charge >= 0.3 is 0 Å². The van der Waals surface area contributed by atoms with E-state index in [0.29, 0.717) is 13.0 Å². The van der Waals surface area contributed by atoms with Crippen molar-refractivity contribution in [1.82, 2.24) is 0 Å². The third kappa shape index (κ3) is 7.33. The molecule has 218 valence electrons. The molecular weight excluding hydrogens is 528 g/mol. The summed E-state index contributed by atoms with van der Waals surface area (Å²) in [5.41, 5.74) is 1.81. The molecule has 5 nitrogen and oxygen atoms in total. The molecule has 41 heavy (non-hydrogen) atoms. The van der Waals surface area contributed by atoms with E-state index in [-0.39, 0.29) is 11.6 Å². The van der Waals surface area contributed by atoms with E-state index in [1.807, 2.05) is 49.4 Å². The zero-order valence-electron chi connectivity index (χ0n) is 24.7. The maximum absolute atomic E-state index is 11.4. The van der Waals surface area contributed by atoms with E-state index >= 15 is 0 Å². The topological polar surface area (TPSA) is 57.2 Å². The summed E-state index contributed by atoms with van der Waals surface area (Å²) in [5.74, 6) is 0. The van der Waals surface area contributed by atoms with Crippen molar-refractivity contribution in [3.05, 3.63) is 121 Å². The van der Waals surface area contributed by atoms with E-state index in [0.717, 1.165) is 11.1 Å². The number of aliphatic hydroxyl groups excluding tert-OH is 1. The van der Waals surface area contributed by atoms with Crippen LogP contribution in [0.2, 0.25) is 5.04 Å². The normalized spacial score (nSPS) is 21.1. The molecule has 0 spiro atoms. The maximum Gasteiger partial charge on any atom is 0.261 e. The molecule has 0 aliphatic carbocycles. The van der Waals surface area contributed by atoms with Gasteiger partial charge in [0.15, 0.2) is 6.29 Å². The van der Waals surface area contributed by atoms with E-state index < -0.39 is 39.0 Å². The lowest BCUT2D eigenvalue weighted by molar-refractivity contribution is -0.267. The Morgan fingerprint density at radius 2 is 1.51 bits per heavy atom. The number of ether oxygens (including phenoxy) is 3. The third-order valence-electron chi connectivity index (χ3n) is 7.58. The van der Waals surface area contributed by atoms with Gasteiger partial charge in [-0.15, -0.1) is 13.2 Å². The Morgan fingerprint density at radius 1 is 0.976 bits per heavy atom. The lowest BCUT2D eigenvalue weighted by Crippen LogP contribution is -2.67. The molecule has 1 heterocycles. The Kier molecular flexibility index (Phi) is 10.5. The summed E-state index contributed by atoms with van der Waals surface area (Å²) in [6.45, 7) is 17.1. The maximum atomic E-state index is 11.4. The number of hydrogen-bond donors (Lipinski definition) is 1. The molecule has 0 radical (unpaired) electrons. The number of rotatable bonds is 12. The van der Waals surface area contributed by atoms with Gasteiger partial charge in [-0.3, -0.25) is 0 Å². The molecule has 0 unspecified atom stereocenters. The molecule has 1 aliphatic heterocycles. The van der Waals surface area contributed by atoms with Crippen molar-refractivity contribution >= 4 is 18.7 Å². The molecule has 1 saturated heterocycles. The summed E-state index contributed by atoms with van der Waals surface area (Å²) in [6, 6.07) is 30.8. The molecule has 1 N–H and O–H groups in total. The fraction of sp³-hybridized carbons (Fsp3) is 0.371. The molecule has 0 aromatic heterocycles. The van der Waals surface area contributed by atoms with Crippen LogP contribution in [0.5, 0.6) is 0 Å². The predicted octanol–water partition coefficient (Wildman–Crippen LogP) is 5.94. The van der Waals surface area contributed by atoms with Gasteiger partial charge < -0.3 is 23.7 Å². The first-order valence-corrected chi connectivity index (χ1v) is 16.2. The first kappa shape index (κ1) is 31.1. The van der Waals surface area contributed by atoms with E-state index in [1.54, 1.807) is 6.08 Å². The molecule has 1 aliphatic rings. The summed E-state index contributed by atoms with van der Waals surface area (Å²) in [7, 11) is -2.84. The largest absolute Gasteiger partial charge is 0.405 e. The summed E-state index contributed by atoms with van der Waals surface area (Å²) >= 11 is 0. The van der Waals surface area contributed by atoms with Crippen LogP contribution in [-0.4, -0.2) is 51.1 Å². The first-order chi connectivity index (χ1) is 19.7. The molecule has 3 aromatic carbocycles. The van der Waals surface area contributed by atoms with Crippen LogP contribution in [0, 0.1) is 0 Å². The first-order valence-electron chi connectivity index (χ1n) is 14.3. The van der Waals surface area contributed by atoms with Gasteiger partial charge in [0.05, 0.1) is 19.3 Å². The molecule has 6 heteroatoms. The van der Waals surface area contributed by atoms with Crippen LogP contribution in [-0.2, 0) is 18.6 Å². The Morgan fingerprint density at radius 3 is 2.00 bits per heavy atom. The average molecular weight is 573 g/mol. The fourth-order valence-corrected chi connectivity index (χ4v) is 10.1. The summed E-state index contributed by atoms with van der Waals surface area (Å²) < 4.78 is 26.1. The van der Waals surface area contributed by atoms with E-state index in [2.05, 4.69) is 82.5 Å². The highest BCUT2D eigenvalue weighted by atomic mass is 28.4. The zero-order valence-corrected chi connectivity index (χ0v) is 25.7. The van der Waals surface area contributed by atoms with Crippen LogP contribution >= 0.6 is 0 Å². The van der Waals surface area contributed by atoms with Gasteiger partial charge in [-0.1, -0.05) is 123 Å². The van der Waals surface area contributed by atoms with Crippen LogP contribution in [0.4, 0.5) is 0 Å². The lowest BCUT2D eigenvalue weighted by atomic mass is 10.1. The molecule has 3 aromatic rings. The molecule has 4 rings (SSSR count). The summed E-state index contributed by atoms with van der Waals surface area (Å²) in [5, 5.41) is 13.5. The second-order valence-corrected chi connectivity index (χ2v) is 16.1. The lowest BCUT2D eigenvalue weighted by Gasteiger charge is -2.44. The Hall–Kier alpha value is -2.84. The quantitative estimate of drug-likeness (QED) is 0.215. The minimum absolute atomic E-state index is 0.199. The summed E-state index contributed by atoms with van der Waals surface area (Å²) in [4.78, 5) is 0. The van der Waals surface area contributed by atoms with E-state index in [4.69, 9.17) is 18.6 Å². The average Bonchev–Trinajstić information content (AvgIpc) is 2.97. The van der Waals surface area contributed by atoms with Crippen molar-refractivity contribution in [3.63, 3.8) is 0 Å². The van der Waals surface area contributed by atoms with Crippen molar-refractivity contribution in [2.24, 2.45) is 0 Å². The van der Waals surface area contributed by atoms with Gasteiger partial charge in [-0.25, -0.2) is 0 Å². The minimum Gasteiger partial charge on any atom is -0.405 e. The van der Waals surface area contributed by atoms with Gasteiger partial charge in [-0.2, -0.15) is 0 Å². The van der Waals surface area contributed by atoms with Crippen LogP contribution in [0.25, 0.3) is 0 Å². The van der Waals surface area contributed by atoms with E-state index in [1.165, 1.54) is 10.4 Å². The molecule has 0 bridgehead atoms. The SMILES string of the molecule is C=C[C@@H]1O[C@H](c2ccccc2)OC[C@H]1O[C@@H](CO[Si](c1ccccc1)(c1ccccc1)C(C)(C)C)[C@H](O)CC(=C)C. The van der Waals surface area contributed by atoms with Gasteiger partial charge in [0, 0.05) is 5.56 Å². The predicted molar refractivity (Wildman–Crippen MR) is 168 cm³/mol. The smallest absolute Gasteiger partial charge is 0.261 e. The Bertz CT molecular complexity index is 1200. The fourth-order valence-electron chi connectivity index (χ4n) is 5.58. The molecular formula is C35H44O5Si. The zero-order chi connectivity index (χ0) is 29.5. The van der Waals surface area contributed by atoms with Gasteiger partial charge in [0.1, 0.15) is 18.3 Å². The molecule has 5 atom stereocenters. The van der Waals surface area contributed by atoms with Gasteiger partial charge in [0.25, 0.3) is 8.32 Å². The van der Waals surface area contributed by atoms with Crippen LogP contribution < -0.4 is 10.4 Å². The highest BCUT2D eigenvalue weighted by molar-refractivity contribution is 6.99. The highest BCUT2D eigenvalue weighted by Gasteiger charge is 2.51. The third-order valence-corrected chi connectivity index (χ3v) is 12.6. The van der Waals surface area contributed by atoms with Crippen LogP contribution in [0.3, 0.4) is 0 Å². The molecule has 1 fully saturated rings. The summed E-state index contributed by atoms with van der Waals surface area (Å²) in [6.07, 6.45) is -0.694. The second-order valence-electron chi connectivity index (χ2n) is 11.8. The standard InChI is InChI=1S/C35H44O5Si/c1-7-31-33(24-37-34(40-31)27-17-11-8-12-18-27)39-32(30(36)23-26(2)3)25-38-41(35(4,5)6,28-19-13-9-14-20-28)29-21-15-10-16-22-29/h7-22,30-34,36H,1-2,23-25H2,3-6H3/t30-,31+,32+,33-,34-/m1/s1. The highest BCUT2D eigenvalue weighted by Crippen LogP contribution is 2.37. The van der Waals surface area contributed by atoms with Crippen molar-refractivity contribution in [2.45, 2.75) is 69.9 Å². The van der Waals surface area contributed by atoms with Gasteiger partial charge in [0.2, 0.25) is 0 Å². The minimum atomic E-state index is -2.84. The van der Waals surface area contributed by atoms with Crippen LogP contribution in [0.1, 0.15) is 46.0 Å². The number of hydrogen-bond acceptors (Lipinski definition) is 5. The molecule has 0 amide bonds. The van der Waals surface area contributed by atoms with Gasteiger partial charge in [-0.05, 0) is 28.8 Å². The Balaban J connectivity index is 1.63. The van der Waals surface area contributed by atoms with Crippen molar-refractivity contribution in [3.8, 4) is 0 Å². The number of aliphatic hydroxyl groups is 1. The number of benzene rings is 3. The second kappa shape index (κ2) is 13.9. The Labute approximate surface area is 246 Å². The van der Waals surface area contributed by atoms with Crippen LogP contribution in [0.15, 0.2) is 116 Å². The molecule has 0 saturated carbocycles. The van der Waals surface area contributed by atoms with E-state index in [9.17, 15) is 5.11 Å². The monoisotopic (exact) mass is 572 g/mol. The van der Waals surface area contributed by atoms with Crippen molar-refractivity contribution < 1.29 is 23.7 Å². The van der Waals surface area contributed by atoms with Crippen molar-refractivity contribution in [1.29, 1.82) is 0 Å².